The lowest BCUT2D eigenvalue weighted by molar-refractivity contribution is 0.689. The van der Waals surface area contributed by atoms with Crippen LogP contribution < -0.4 is 5.32 Å². The zero-order chi connectivity index (χ0) is 12.4. The maximum Gasteiger partial charge on any atom is 0.0585 e. The molecule has 2 aromatic rings. The standard InChI is InChI=1S/C14H16BrNS/c1-9-7-11(8-17-9)14(16-3)12-5-4-6-13(15)10(12)2/h4-8,14,16H,1-3H3. The molecule has 1 N–H and O–H groups in total. The molecule has 0 saturated heterocycles. The Labute approximate surface area is 115 Å². The molecule has 0 bridgehead atoms. The van der Waals surface area contributed by atoms with Gasteiger partial charge in [-0.1, -0.05) is 28.1 Å². The highest BCUT2D eigenvalue weighted by Crippen LogP contribution is 2.30. The van der Waals surface area contributed by atoms with Crippen LogP contribution in [0.25, 0.3) is 0 Å². The molecule has 1 heterocycles. The summed E-state index contributed by atoms with van der Waals surface area (Å²) in [6.45, 7) is 4.30. The van der Waals surface area contributed by atoms with Gasteiger partial charge in [-0.25, -0.2) is 0 Å². The molecule has 1 aromatic carbocycles. The van der Waals surface area contributed by atoms with Gasteiger partial charge in [-0.05, 0) is 55.1 Å². The van der Waals surface area contributed by atoms with E-state index >= 15 is 0 Å². The molecule has 2 rings (SSSR count). The summed E-state index contributed by atoms with van der Waals surface area (Å²) in [5, 5.41) is 5.63. The molecule has 0 aliphatic carbocycles. The van der Waals surface area contributed by atoms with Crippen LogP contribution in [0.4, 0.5) is 0 Å². The second-order valence-electron chi connectivity index (χ2n) is 4.17. The molecular weight excluding hydrogens is 294 g/mol. The van der Waals surface area contributed by atoms with Crippen molar-refractivity contribution in [2.24, 2.45) is 0 Å². The van der Waals surface area contributed by atoms with Gasteiger partial charge in [-0.3, -0.25) is 0 Å². The SMILES string of the molecule is CNC(c1csc(C)c1)c1cccc(Br)c1C. The molecule has 0 saturated carbocycles. The second kappa shape index (κ2) is 5.34. The number of rotatable bonds is 3. The van der Waals surface area contributed by atoms with E-state index < -0.39 is 0 Å². The molecule has 3 heteroatoms. The van der Waals surface area contributed by atoms with Crippen LogP contribution in [-0.4, -0.2) is 7.05 Å². The number of hydrogen-bond donors (Lipinski definition) is 1. The van der Waals surface area contributed by atoms with Crippen molar-refractivity contribution in [3.05, 3.63) is 55.7 Å². The van der Waals surface area contributed by atoms with Gasteiger partial charge in [0.05, 0.1) is 6.04 Å². The molecule has 90 valence electrons. The minimum absolute atomic E-state index is 0.275. The van der Waals surface area contributed by atoms with E-state index in [0.29, 0.717) is 0 Å². The molecule has 1 aromatic heterocycles. The van der Waals surface area contributed by atoms with Crippen LogP contribution in [0, 0.1) is 13.8 Å². The van der Waals surface area contributed by atoms with Crippen LogP contribution in [0.15, 0.2) is 34.1 Å². The number of aryl methyl sites for hydroxylation is 1. The van der Waals surface area contributed by atoms with Crippen molar-refractivity contribution >= 4 is 27.3 Å². The van der Waals surface area contributed by atoms with Crippen LogP contribution in [0.2, 0.25) is 0 Å². The zero-order valence-electron chi connectivity index (χ0n) is 10.3. The quantitative estimate of drug-likeness (QED) is 0.884. The summed E-state index contributed by atoms with van der Waals surface area (Å²) >= 11 is 5.40. The van der Waals surface area contributed by atoms with E-state index in [-0.39, 0.29) is 6.04 Å². The van der Waals surface area contributed by atoms with Gasteiger partial charge in [0.25, 0.3) is 0 Å². The van der Waals surface area contributed by atoms with Crippen molar-refractivity contribution < 1.29 is 0 Å². The van der Waals surface area contributed by atoms with Crippen LogP contribution >= 0.6 is 27.3 Å². The number of hydrogen-bond acceptors (Lipinski definition) is 2. The Morgan fingerprint density at radius 1 is 1.29 bits per heavy atom. The van der Waals surface area contributed by atoms with Gasteiger partial charge in [0.2, 0.25) is 0 Å². The van der Waals surface area contributed by atoms with E-state index in [0.717, 1.165) is 0 Å². The highest BCUT2D eigenvalue weighted by molar-refractivity contribution is 9.10. The van der Waals surface area contributed by atoms with Gasteiger partial charge in [0.15, 0.2) is 0 Å². The number of benzene rings is 1. The minimum Gasteiger partial charge on any atom is -0.309 e. The fraction of sp³-hybridized carbons (Fsp3) is 0.286. The lowest BCUT2D eigenvalue weighted by atomic mass is 9.97. The fourth-order valence-corrected chi connectivity index (χ4v) is 3.17. The maximum absolute atomic E-state index is 3.60. The molecule has 0 aliphatic rings. The molecular formula is C14H16BrNS. The zero-order valence-corrected chi connectivity index (χ0v) is 12.7. The Hall–Kier alpha value is -0.640. The van der Waals surface area contributed by atoms with Gasteiger partial charge < -0.3 is 5.32 Å². The predicted molar refractivity (Wildman–Crippen MR) is 78.8 cm³/mol. The Morgan fingerprint density at radius 2 is 2.06 bits per heavy atom. The second-order valence-corrected chi connectivity index (χ2v) is 6.14. The lowest BCUT2D eigenvalue weighted by Gasteiger charge is -2.18. The maximum atomic E-state index is 3.60. The van der Waals surface area contributed by atoms with Crippen molar-refractivity contribution in [3.8, 4) is 0 Å². The first-order valence-electron chi connectivity index (χ1n) is 5.60. The Bertz CT molecular complexity index is 519. The first-order valence-corrected chi connectivity index (χ1v) is 7.28. The minimum atomic E-state index is 0.275. The van der Waals surface area contributed by atoms with Crippen molar-refractivity contribution in [2.75, 3.05) is 7.05 Å². The highest BCUT2D eigenvalue weighted by atomic mass is 79.9. The molecule has 1 atom stereocenters. The number of halogens is 1. The monoisotopic (exact) mass is 309 g/mol. The summed E-state index contributed by atoms with van der Waals surface area (Å²) in [5.74, 6) is 0. The van der Waals surface area contributed by atoms with E-state index in [1.807, 2.05) is 7.05 Å². The predicted octanol–water partition coefficient (Wildman–Crippen LogP) is 4.44. The smallest absolute Gasteiger partial charge is 0.0585 e. The first-order chi connectivity index (χ1) is 8.13. The highest BCUT2D eigenvalue weighted by Gasteiger charge is 2.16. The van der Waals surface area contributed by atoms with E-state index in [1.165, 1.54) is 26.0 Å². The van der Waals surface area contributed by atoms with E-state index in [2.05, 4.69) is 64.7 Å². The van der Waals surface area contributed by atoms with Crippen LogP contribution in [0.5, 0.6) is 0 Å². The summed E-state index contributed by atoms with van der Waals surface area (Å²) in [6.07, 6.45) is 0. The van der Waals surface area contributed by atoms with Crippen molar-refractivity contribution in [1.29, 1.82) is 0 Å². The molecule has 1 nitrogen and oxygen atoms in total. The third-order valence-corrected chi connectivity index (χ3v) is 4.73. The average Bonchev–Trinajstić information content (AvgIpc) is 2.72. The summed E-state index contributed by atoms with van der Waals surface area (Å²) in [7, 11) is 2.01. The lowest BCUT2D eigenvalue weighted by Crippen LogP contribution is -2.18. The fourth-order valence-electron chi connectivity index (χ4n) is 2.05. The number of thiophene rings is 1. The van der Waals surface area contributed by atoms with Crippen LogP contribution in [-0.2, 0) is 0 Å². The van der Waals surface area contributed by atoms with E-state index in [1.54, 1.807) is 11.3 Å². The normalized spacial score (nSPS) is 12.7. The number of nitrogens with one attached hydrogen (secondary N) is 1. The van der Waals surface area contributed by atoms with E-state index in [4.69, 9.17) is 0 Å². The van der Waals surface area contributed by atoms with Crippen molar-refractivity contribution in [1.82, 2.24) is 5.32 Å². The summed E-state index contributed by atoms with van der Waals surface area (Å²) in [5.41, 5.74) is 3.98. The Morgan fingerprint density at radius 3 is 2.65 bits per heavy atom. The van der Waals surface area contributed by atoms with Crippen LogP contribution in [0.1, 0.15) is 27.6 Å². The van der Waals surface area contributed by atoms with Gasteiger partial charge in [-0.2, -0.15) is 0 Å². The largest absolute Gasteiger partial charge is 0.309 e. The third kappa shape index (κ3) is 2.62. The summed E-state index contributed by atoms with van der Waals surface area (Å²) in [6, 6.07) is 8.90. The Balaban J connectivity index is 2.45. The van der Waals surface area contributed by atoms with Gasteiger partial charge in [0.1, 0.15) is 0 Å². The summed E-state index contributed by atoms with van der Waals surface area (Å²) < 4.78 is 1.17. The van der Waals surface area contributed by atoms with Gasteiger partial charge in [0, 0.05) is 9.35 Å². The van der Waals surface area contributed by atoms with Gasteiger partial charge >= 0.3 is 0 Å². The van der Waals surface area contributed by atoms with Crippen LogP contribution in [0.3, 0.4) is 0 Å². The molecule has 0 aliphatic heterocycles. The molecule has 0 spiro atoms. The Kier molecular flexibility index (Phi) is 4.02. The average molecular weight is 310 g/mol. The molecule has 0 radical (unpaired) electrons. The first kappa shape index (κ1) is 12.8. The summed E-state index contributed by atoms with van der Waals surface area (Å²) in [4.78, 5) is 1.35. The van der Waals surface area contributed by atoms with Gasteiger partial charge in [-0.15, -0.1) is 11.3 Å². The van der Waals surface area contributed by atoms with Crippen molar-refractivity contribution in [3.63, 3.8) is 0 Å². The third-order valence-electron chi connectivity index (χ3n) is 2.99. The van der Waals surface area contributed by atoms with E-state index in [9.17, 15) is 0 Å². The van der Waals surface area contributed by atoms with Crippen molar-refractivity contribution in [2.45, 2.75) is 19.9 Å². The topological polar surface area (TPSA) is 12.0 Å². The molecule has 17 heavy (non-hydrogen) atoms. The molecule has 0 amide bonds. The molecule has 1 unspecified atom stereocenters. The molecule has 0 fully saturated rings.